The molecular formula is C8H10O3. The summed E-state index contributed by atoms with van der Waals surface area (Å²) in [6, 6.07) is 0. The molecule has 0 aromatic carbocycles. The Balaban J connectivity index is 2.04. The molecule has 2 saturated carbocycles. The molecule has 2 rings (SSSR count). The normalized spacial score (nSPS) is 40.1. The van der Waals surface area contributed by atoms with Crippen LogP contribution in [0.4, 0.5) is 0 Å². The van der Waals surface area contributed by atoms with Gasteiger partial charge in [-0.05, 0) is 12.3 Å². The van der Waals surface area contributed by atoms with Gasteiger partial charge in [0, 0.05) is 12.3 Å². The summed E-state index contributed by atoms with van der Waals surface area (Å²) in [4.78, 5) is 22.0. The highest BCUT2D eigenvalue weighted by molar-refractivity contribution is 5.94. The molecule has 3 heteroatoms. The van der Waals surface area contributed by atoms with Crippen molar-refractivity contribution in [2.45, 2.75) is 12.8 Å². The number of fused-ring (bicyclic) bond motifs is 1. The summed E-state index contributed by atoms with van der Waals surface area (Å²) in [5.74, 6) is 0.331. The van der Waals surface area contributed by atoms with Crippen molar-refractivity contribution in [3.05, 3.63) is 0 Å². The van der Waals surface area contributed by atoms with Crippen molar-refractivity contribution in [1.29, 1.82) is 0 Å². The van der Waals surface area contributed by atoms with E-state index in [2.05, 4.69) is 4.74 Å². The second kappa shape index (κ2) is 2.06. The molecule has 0 radical (unpaired) electrons. The maximum Gasteiger partial charge on any atom is 0.309 e. The van der Waals surface area contributed by atoms with Crippen molar-refractivity contribution >= 4 is 11.8 Å². The van der Waals surface area contributed by atoms with E-state index in [4.69, 9.17) is 0 Å². The van der Waals surface area contributed by atoms with Gasteiger partial charge in [0.15, 0.2) is 0 Å². The van der Waals surface area contributed by atoms with Crippen LogP contribution in [0.25, 0.3) is 0 Å². The largest absolute Gasteiger partial charge is 0.469 e. The summed E-state index contributed by atoms with van der Waals surface area (Å²) in [6.45, 7) is 0. The SMILES string of the molecule is COC(=O)C1C2CCC(=O)C21. The van der Waals surface area contributed by atoms with Gasteiger partial charge in [-0.25, -0.2) is 0 Å². The Morgan fingerprint density at radius 2 is 2.36 bits per heavy atom. The fourth-order valence-corrected chi connectivity index (χ4v) is 2.11. The van der Waals surface area contributed by atoms with E-state index < -0.39 is 0 Å². The predicted molar refractivity (Wildman–Crippen MR) is 36.7 cm³/mol. The summed E-state index contributed by atoms with van der Waals surface area (Å²) in [7, 11) is 1.38. The van der Waals surface area contributed by atoms with Gasteiger partial charge in [0.1, 0.15) is 5.78 Å². The van der Waals surface area contributed by atoms with E-state index >= 15 is 0 Å². The van der Waals surface area contributed by atoms with Gasteiger partial charge >= 0.3 is 5.97 Å². The van der Waals surface area contributed by atoms with Gasteiger partial charge in [-0.1, -0.05) is 0 Å². The topological polar surface area (TPSA) is 43.4 Å². The molecule has 3 unspecified atom stereocenters. The van der Waals surface area contributed by atoms with E-state index in [0.29, 0.717) is 12.3 Å². The highest BCUT2D eigenvalue weighted by Crippen LogP contribution is 2.55. The summed E-state index contributed by atoms with van der Waals surface area (Å²) in [5, 5.41) is 0. The molecule has 0 heterocycles. The maximum atomic E-state index is 11.0. The Hall–Kier alpha value is -0.860. The third-order valence-corrected chi connectivity index (χ3v) is 2.74. The molecule has 2 aliphatic carbocycles. The molecular weight excluding hydrogens is 144 g/mol. The Bertz CT molecular complexity index is 221. The van der Waals surface area contributed by atoms with E-state index in [-0.39, 0.29) is 23.6 Å². The molecule has 3 atom stereocenters. The highest BCUT2D eigenvalue weighted by atomic mass is 16.5. The van der Waals surface area contributed by atoms with E-state index in [0.717, 1.165) is 6.42 Å². The van der Waals surface area contributed by atoms with E-state index in [1.807, 2.05) is 0 Å². The number of ether oxygens (including phenoxy) is 1. The molecule has 0 bridgehead atoms. The van der Waals surface area contributed by atoms with Crippen LogP contribution in [0.5, 0.6) is 0 Å². The average Bonchev–Trinajstić information content (AvgIpc) is 2.63. The molecule has 0 aromatic rings. The Labute approximate surface area is 64.7 Å². The van der Waals surface area contributed by atoms with Gasteiger partial charge < -0.3 is 4.74 Å². The van der Waals surface area contributed by atoms with Crippen molar-refractivity contribution < 1.29 is 14.3 Å². The fraction of sp³-hybridized carbons (Fsp3) is 0.750. The number of ketones is 1. The second-order valence-electron chi connectivity index (χ2n) is 3.24. The number of hydrogen-bond acceptors (Lipinski definition) is 3. The third kappa shape index (κ3) is 0.800. The van der Waals surface area contributed by atoms with Crippen molar-refractivity contribution in [3.63, 3.8) is 0 Å². The van der Waals surface area contributed by atoms with Gasteiger partial charge in [0.2, 0.25) is 0 Å². The van der Waals surface area contributed by atoms with Crippen LogP contribution in [-0.2, 0) is 14.3 Å². The third-order valence-electron chi connectivity index (χ3n) is 2.74. The molecule has 0 aromatic heterocycles. The standard InChI is InChI=1S/C8H10O3/c1-11-8(10)7-4-2-3-5(9)6(4)7/h4,6-7H,2-3H2,1H3. The lowest BCUT2D eigenvalue weighted by Crippen LogP contribution is -2.10. The van der Waals surface area contributed by atoms with E-state index in [1.54, 1.807) is 0 Å². The van der Waals surface area contributed by atoms with Gasteiger partial charge in [0.05, 0.1) is 13.0 Å². The first kappa shape index (κ1) is 6.83. The summed E-state index contributed by atoms with van der Waals surface area (Å²) < 4.78 is 4.57. The second-order valence-corrected chi connectivity index (χ2v) is 3.24. The number of carbonyl (C=O) groups excluding carboxylic acids is 2. The number of carbonyl (C=O) groups is 2. The number of rotatable bonds is 1. The van der Waals surface area contributed by atoms with Crippen LogP contribution in [0.2, 0.25) is 0 Å². The molecule has 0 spiro atoms. The molecule has 0 saturated heterocycles. The first-order valence-electron chi connectivity index (χ1n) is 3.86. The molecule has 0 amide bonds. The summed E-state index contributed by atoms with van der Waals surface area (Å²) in [5.41, 5.74) is 0. The van der Waals surface area contributed by atoms with Crippen molar-refractivity contribution in [1.82, 2.24) is 0 Å². The zero-order valence-corrected chi connectivity index (χ0v) is 6.37. The predicted octanol–water partition coefficient (Wildman–Crippen LogP) is 0.384. The molecule has 2 fully saturated rings. The number of esters is 1. The van der Waals surface area contributed by atoms with E-state index in [9.17, 15) is 9.59 Å². The van der Waals surface area contributed by atoms with Gasteiger partial charge in [-0.15, -0.1) is 0 Å². The Kier molecular flexibility index (Phi) is 1.28. The van der Waals surface area contributed by atoms with Crippen LogP contribution in [0.3, 0.4) is 0 Å². The minimum Gasteiger partial charge on any atom is -0.469 e. The fourth-order valence-electron chi connectivity index (χ4n) is 2.11. The van der Waals surface area contributed by atoms with E-state index in [1.165, 1.54) is 7.11 Å². The number of Topliss-reactive ketones (excluding diaryl/α,β-unsaturated/α-hetero) is 1. The first-order chi connectivity index (χ1) is 5.25. The lowest BCUT2D eigenvalue weighted by molar-refractivity contribution is -0.144. The highest BCUT2D eigenvalue weighted by Gasteiger charge is 2.62. The summed E-state index contributed by atoms with van der Waals surface area (Å²) >= 11 is 0. The van der Waals surface area contributed by atoms with Crippen LogP contribution < -0.4 is 0 Å². The number of methoxy groups -OCH3 is 1. The number of hydrogen-bond donors (Lipinski definition) is 0. The minimum absolute atomic E-state index is 0.0300. The Morgan fingerprint density at radius 1 is 1.64 bits per heavy atom. The molecule has 3 nitrogen and oxygen atoms in total. The lowest BCUT2D eigenvalue weighted by Gasteiger charge is -1.98. The van der Waals surface area contributed by atoms with Gasteiger partial charge in [-0.2, -0.15) is 0 Å². The molecule has 0 aliphatic heterocycles. The summed E-state index contributed by atoms with van der Waals surface area (Å²) in [6.07, 6.45) is 1.56. The minimum atomic E-state index is -0.201. The quantitative estimate of drug-likeness (QED) is 0.513. The maximum absolute atomic E-state index is 11.0. The van der Waals surface area contributed by atoms with Crippen molar-refractivity contribution in [2.24, 2.45) is 17.8 Å². The zero-order valence-electron chi connectivity index (χ0n) is 6.37. The molecule has 60 valence electrons. The lowest BCUT2D eigenvalue weighted by atomic mass is 10.1. The van der Waals surface area contributed by atoms with Crippen LogP contribution in [0, 0.1) is 17.8 Å². The van der Waals surface area contributed by atoms with Crippen molar-refractivity contribution in [2.75, 3.05) is 7.11 Å². The van der Waals surface area contributed by atoms with Gasteiger partial charge in [0.25, 0.3) is 0 Å². The zero-order chi connectivity index (χ0) is 8.01. The van der Waals surface area contributed by atoms with Gasteiger partial charge in [-0.3, -0.25) is 9.59 Å². The van der Waals surface area contributed by atoms with Crippen molar-refractivity contribution in [3.8, 4) is 0 Å². The molecule has 11 heavy (non-hydrogen) atoms. The van der Waals surface area contributed by atoms with Crippen LogP contribution >= 0.6 is 0 Å². The monoisotopic (exact) mass is 154 g/mol. The van der Waals surface area contributed by atoms with Crippen LogP contribution in [0.15, 0.2) is 0 Å². The first-order valence-corrected chi connectivity index (χ1v) is 3.86. The van der Waals surface area contributed by atoms with Crippen LogP contribution in [-0.4, -0.2) is 18.9 Å². The van der Waals surface area contributed by atoms with Crippen LogP contribution in [0.1, 0.15) is 12.8 Å². The smallest absolute Gasteiger partial charge is 0.309 e. The molecule has 2 aliphatic rings. The average molecular weight is 154 g/mol. The molecule has 0 N–H and O–H groups in total. The Morgan fingerprint density at radius 3 is 2.82 bits per heavy atom.